The van der Waals surface area contributed by atoms with Gasteiger partial charge in [0.15, 0.2) is 9.84 Å². The molecule has 1 amide bonds. The smallest absolute Gasteiger partial charge is 0.251 e. The minimum Gasteiger partial charge on any atom is -0.395 e. The molecule has 6 heteroatoms. The number of hydrogen-bond donors (Lipinski definition) is 2. The van der Waals surface area contributed by atoms with Gasteiger partial charge in [-0.25, -0.2) is 8.42 Å². The Hall–Kier alpha value is -2.28. The highest BCUT2D eigenvalue weighted by atomic mass is 32.2. The topological polar surface area (TPSA) is 83.5 Å². The number of sulfone groups is 1. The minimum atomic E-state index is -3.09. The summed E-state index contributed by atoms with van der Waals surface area (Å²) in [6.07, 6.45) is 5.88. The Morgan fingerprint density at radius 1 is 1.38 bits per heavy atom. The number of benzene rings is 1. The average molecular weight is 345 g/mol. The number of amides is 1. The lowest BCUT2D eigenvalue weighted by Crippen LogP contribution is -2.59. The highest BCUT2D eigenvalue weighted by Crippen LogP contribution is 2.35. The van der Waals surface area contributed by atoms with E-state index in [-0.39, 0.29) is 24.0 Å². The summed E-state index contributed by atoms with van der Waals surface area (Å²) in [6, 6.07) is 6.28. The fourth-order valence-corrected chi connectivity index (χ4v) is 4.70. The molecule has 1 saturated heterocycles. The molecule has 0 aliphatic carbocycles. The van der Waals surface area contributed by atoms with Crippen LogP contribution in [0.5, 0.6) is 0 Å². The first-order valence-electron chi connectivity index (χ1n) is 7.51. The Morgan fingerprint density at radius 3 is 2.50 bits per heavy atom. The summed E-state index contributed by atoms with van der Waals surface area (Å²) < 4.78 is 22.9. The highest BCUT2D eigenvalue weighted by Gasteiger charge is 2.51. The summed E-state index contributed by atoms with van der Waals surface area (Å²) in [4.78, 5) is 12.3. The molecule has 1 heterocycles. The van der Waals surface area contributed by atoms with Crippen LogP contribution in [0.1, 0.15) is 29.3 Å². The molecule has 0 radical (unpaired) electrons. The summed E-state index contributed by atoms with van der Waals surface area (Å²) in [6.45, 7) is 1.74. The molecule has 1 aliphatic rings. The zero-order valence-corrected chi connectivity index (χ0v) is 14.2. The quantitative estimate of drug-likeness (QED) is 0.782. The van der Waals surface area contributed by atoms with Crippen molar-refractivity contribution in [2.75, 3.05) is 18.1 Å². The van der Waals surface area contributed by atoms with E-state index in [4.69, 9.17) is 11.5 Å². The van der Waals surface area contributed by atoms with Crippen molar-refractivity contribution in [1.82, 2.24) is 5.32 Å². The van der Waals surface area contributed by atoms with E-state index in [1.165, 1.54) is 0 Å². The molecule has 2 N–H and O–H groups in total. The fourth-order valence-electron chi connectivity index (χ4n) is 2.54. The molecule has 1 unspecified atom stereocenters. The van der Waals surface area contributed by atoms with Gasteiger partial charge in [0.05, 0.1) is 23.5 Å². The number of aliphatic hydroxyl groups excluding tert-OH is 1. The Labute approximate surface area is 142 Å². The molecule has 1 atom stereocenters. The van der Waals surface area contributed by atoms with E-state index >= 15 is 0 Å². The van der Waals surface area contributed by atoms with Crippen LogP contribution in [0.4, 0.5) is 0 Å². The number of aliphatic hydroxyl groups is 1. The molecule has 1 aromatic rings. The van der Waals surface area contributed by atoms with Gasteiger partial charge in [0.25, 0.3) is 5.91 Å². The normalized spacial score (nSPS) is 18.2. The lowest BCUT2D eigenvalue weighted by Gasteiger charge is -2.41. The second kappa shape index (κ2) is 7.09. The molecular formula is C18H19NO4S. The van der Waals surface area contributed by atoms with Crippen molar-refractivity contribution >= 4 is 15.7 Å². The molecular weight excluding hydrogens is 326 g/mol. The van der Waals surface area contributed by atoms with Crippen LogP contribution in [0, 0.1) is 29.6 Å². The predicted molar refractivity (Wildman–Crippen MR) is 91.9 cm³/mol. The number of rotatable bonds is 4. The van der Waals surface area contributed by atoms with Gasteiger partial charge < -0.3 is 10.4 Å². The van der Waals surface area contributed by atoms with Crippen molar-refractivity contribution < 1.29 is 18.3 Å². The maximum Gasteiger partial charge on any atom is 0.251 e. The molecule has 126 valence electrons. The summed E-state index contributed by atoms with van der Waals surface area (Å²) in [5, 5.41) is 11.5. The Bertz CT molecular complexity index is 811. The van der Waals surface area contributed by atoms with Gasteiger partial charge >= 0.3 is 0 Å². The van der Waals surface area contributed by atoms with Crippen LogP contribution in [-0.4, -0.2) is 43.6 Å². The molecule has 0 bridgehead atoms. The Kier molecular flexibility index (Phi) is 5.33. The maximum absolute atomic E-state index is 12.3. The number of hydrogen-bond acceptors (Lipinski definition) is 4. The number of terminal acetylenes is 1. The molecule has 1 fully saturated rings. The van der Waals surface area contributed by atoms with Crippen molar-refractivity contribution in [2.24, 2.45) is 5.41 Å². The van der Waals surface area contributed by atoms with Gasteiger partial charge in [0.2, 0.25) is 0 Å². The van der Waals surface area contributed by atoms with Gasteiger partial charge in [-0.15, -0.1) is 6.42 Å². The first-order chi connectivity index (χ1) is 11.3. The highest BCUT2D eigenvalue weighted by molar-refractivity contribution is 7.92. The first kappa shape index (κ1) is 18.1. The van der Waals surface area contributed by atoms with Crippen molar-refractivity contribution in [3.63, 3.8) is 0 Å². The third kappa shape index (κ3) is 3.97. The van der Waals surface area contributed by atoms with E-state index in [1.54, 1.807) is 31.2 Å². The monoisotopic (exact) mass is 345 g/mol. The van der Waals surface area contributed by atoms with Crippen LogP contribution in [0.2, 0.25) is 0 Å². The van der Waals surface area contributed by atoms with E-state index in [1.807, 2.05) is 0 Å². The summed E-state index contributed by atoms with van der Waals surface area (Å²) in [5.41, 5.74) is 0.367. The first-order valence-corrected chi connectivity index (χ1v) is 9.33. The number of carbonyl (C=O) groups is 1. The van der Waals surface area contributed by atoms with Crippen LogP contribution >= 0.6 is 0 Å². The van der Waals surface area contributed by atoms with Gasteiger partial charge in [-0.1, -0.05) is 17.8 Å². The standard InChI is InChI=1S/C18H19NO4S/c1-3-18(12-24(22,23)13-18)14(2)19-17(21)16-9-7-15(8-10-16)6-4-5-11-20/h1,7-10,14,20H,5,11-13H2,2H3,(H,19,21). The zero-order chi connectivity index (χ0) is 17.8. The maximum atomic E-state index is 12.3. The van der Waals surface area contributed by atoms with E-state index in [9.17, 15) is 13.2 Å². The molecule has 24 heavy (non-hydrogen) atoms. The van der Waals surface area contributed by atoms with Crippen LogP contribution in [-0.2, 0) is 9.84 Å². The summed E-state index contributed by atoms with van der Waals surface area (Å²) in [7, 11) is -3.09. The molecule has 1 aromatic carbocycles. The Balaban J connectivity index is 2.02. The predicted octanol–water partition coefficient (Wildman–Crippen LogP) is 0.587. The minimum absolute atomic E-state index is 0.0119. The summed E-state index contributed by atoms with van der Waals surface area (Å²) in [5.74, 6) is 7.70. The second-order valence-electron chi connectivity index (χ2n) is 5.88. The van der Waals surface area contributed by atoms with Gasteiger partial charge in [-0.3, -0.25) is 4.79 Å². The Morgan fingerprint density at radius 2 is 2.00 bits per heavy atom. The van der Waals surface area contributed by atoms with Gasteiger partial charge in [-0.2, -0.15) is 0 Å². The number of carbonyl (C=O) groups excluding carboxylic acids is 1. The molecule has 0 aromatic heterocycles. The zero-order valence-electron chi connectivity index (χ0n) is 13.4. The van der Waals surface area contributed by atoms with Crippen LogP contribution < -0.4 is 5.32 Å². The lowest BCUT2D eigenvalue weighted by molar-refractivity contribution is 0.0918. The third-order valence-electron chi connectivity index (χ3n) is 4.04. The molecule has 0 spiro atoms. The van der Waals surface area contributed by atoms with Crippen molar-refractivity contribution in [3.8, 4) is 24.2 Å². The van der Waals surface area contributed by atoms with E-state index < -0.39 is 21.3 Å². The second-order valence-corrected chi connectivity index (χ2v) is 7.95. The largest absolute Gasteiger partial charge is 0.395 e. The molecule has 2 rings (SSSR count). The van der Waals surface area contributed by atoms with E-state index in [2.05, 4.69) is 23.1 Å². The molecule has 5 nitrogen and oxygen atoms in total. The van der Waals surface area contributed by atoms with E-state index in [0.717, 1.165) is 5.56 Å². The summed E-state index contributed by atoms with van der Waals surface area (Å²) >= 11 is 0. The van der Waals surface area contributed by atoms with Gasteiger partial charge in [0.1, 0.15) is 0 Å². The van der Waals surface area contributed by atoms with Crippen LogP contribution in [0.15, 0.2) is 24.3 Å². The third-order valence-corrected chi connectivity index (χ3v) is 5.95. The van der Waals surface area contributed by atoms with Gasteiger partial charge in [0, 0.05) is 23.6 Å². The SMILES string of the molecule is C#CC1(C(C)NC(=O)c2ccc(C#CCCO)cc2)CS(=O)(=O)C1. The average Bonchev–Trinajstić information content (AvgIpc) is 2.52. The van der Waals surface area contributed by atoms with Gasteiger partial charge in [-0.05, 0) is 31.2 Å². The lowest BCUT2D eigenvalue weighted by atomic mass is 9.85. The van der Waals surface area contributed by atoms with Crippen molar-refractivity contribution in [2.45, 2.75) is 19.4 Å². The van der Waals surface area contributed by atoms with Crippen molar-refractivity contribution in [3.05, 3.63) is 35.4 Å². The molecule has 0 saturated carbocycles. The number of nitrogens with one attached hydrogen (secondary N) is 1. The van der Waals surface area contributed by atoms with Crippen molar-refractivity contribution in [1.29, 1.82) is 0 Å². The van der Waals surface area contributed by atoms with Crippen LogP contribution in [0.3, 0.4) is 0 Å². The van der Waals surface area contributed by atoms with E-state index in [0.29, 0.717) is 12.0 Å². The fraction of sp³-hybridized carbons (Fsp3) is 0.389. The van der Waals surface area contributed by atoms with Crippen LogP contribution in [0.25, 0.3) is 0 Å². The molecule has 1 aliphatic heterocycles.